The minimum absolute atomic E-state index is 0.213. The smallest absolute Gasteiger partial charge is 0.0701 e. The average Bonchev–Trinajstić information content (AvgIpc) is 2.46. The van der Waals surface area contributed by atoms with Gasteiger partial charge < -0.3 is 19.5 Å². The predicted octanol–water partition coefficient (Wildman–Crippen LogP) is 2.67. The Morgan fingerprint density at radius 2 is 1.70 bits per heavy atom. The third kappa shape index (κ3) is 7.22. The summed E-state index contributed by atoms with van der Waals surface area (Å²) in [7, 11) is 1.66. The van der Waals surface area contributed by atoms with Crippen LogP contribution in [0.5, 0.6) is 0 Å². The van der Waals surface area contributed by atoms with Gasteiger partial charge in [0.25, 0.3) is 0 Å². The predicted molar refractivity (Wildman–Crippen MR) is 81.4 cm³/mol. The second-order valence-electron chi connectivity index (χ2n) is 4.41. The van der Waals surface area contributed by atoms with E-state index in [1.807, 2.05) is 24.3 Å². The van der Waals surface area contributed by atoms with Gasteiger partial charge in [-0.3, -0.25) is 0 Å². The van der Waals surface area contributed by atoms with Gasteiger partial charge in [-0.15, -0.1) is 0 Å². The molecule has 0 radical (unpaired) electrons. The third-order valence-corrected chi connectivity index (χ3v) is 3.22. The van der Waals surface area contributed by atoms with Gasteiger partial charge in [0.1, 0.15) is 0 Å². The topological polar surface area (TPSA) is 39.7 Å². The van der Waals surface area contributed by atoms with Crippen molar-refractivity contribution in [3.05, 3.63) is 34.9 Å². The number of halogens is 1. The van der Waals surface area contributed by atoms with Crippen LogP contribution < -0.4 is 5.32 Å². The van der Waals surface area contributed by atoms with Gasteiger partial charge in [0.2, 0.25) is 0 Å². The van der Waals surface area contributed by atoms with E-state index in [4.69, 9.17) is 25.8 Å². The molecule has 0 amide bonds. The van der Waals surface area contributed by atoms with Crippen LogP contribution in [0.15, 0.2) is 24.3 Å². The molecule has 0 bridgehead atoms. The summed E-state index contributed by atoms with van der Waals surface area (Å²) in [5.74, 6) is 0. The molecular formula is C15H24ClNO3. The van der Waals surface area contributed by atoms with Crippen molar-refractivity contribution in [2.45, 2.75) is 13.0 Å². The van der Waals surface area contributed by atoms with E-state index in [2.05, 4.69) is 12.2 Å². The lowest BCUT2D eigenvalue weighted by molar-refractivity contribution is 0.0253. The van der Waals surface area contributed by atoms with Gasteiger partial charge >= 0.3 is 0 Å². The zero-order valence-electron chi connectivity index (χ0n) is 12.2. The fourth-order valence-corrected chi connectivity index (χ4v) is 2.05. The minimum atomic E-state index is 0.213. The lowest BCUT2D eigenvalue weighted by Gasteiger charge is -2.15. The van der Waals surface area contributed by atoms with E-state index in [-0.39, 0.29) is 6.04 Å². The van der Waals surface area contributed by atoms with Crippen molar-refractivity contribution in [1.29, 1.82) is 0 Å². The van der Waals surface area contributed by atoms with Crippen LogP contribution in [0.2, 0.25) is 5.02 Å². The van der Waals surface area contributed by atoms with Gasteiger partial charge in [0.15, 0.2) is 0 Å². The molecule has 1 aromatic rings. The van der Waals surface area contributed by atoms with E-state index in [1.54, 1.807) is 7.11 Å². The summed E-state index contributed by atoms with van der Waals surface area (Å²) in [4.78, 5) is 0. The maximum atomic E-state index is 6.14. The van der Waals surface area contributed by atoms with E-state index in [0.717, 1.165) is 17.1 Å². The molecule has 0 saturated heterocycles. The molecule has 0 spiro atoms. The summed E-state index contributed by atoms with van der Waals surface area (Å²) in [6.07, 6.45) is 0. The average molecular weight is 302 g/mol. The normalized spacial score (nSPS) is 12.6. The third-order valence-electron chi connectivity index (χ3n) is 2.87. The van der Waals surface area contributed by atoms with Crippen LogP contribution >= 0.6 is 11.6 Å². The SMILES string of the molecule is COCCOCCOCCN[C@H](C)c1ccccc1Cl. The van der Waals surface area contributed by atoms with Gasteiger partial charge in [0, 0.05) is 24.7 Å². The van der Waals surface area contributed by atoms with Crippen LogP contribution in [0, 0.1) is 0 Å². The minimum Gasteiger partial charge on any atom is -0.382 e. The van der Waals surface area contributed by atoms with Crippen molar-refractivity contribution in [3.63, 3.8) is 0 Å². The first kappa shape index (κ1) is 17.4. The molecule has 5 heteroatoms. The van der Waals surface area contributed by atoms with E-state index in [1.165, 1.54) is 0 Å². The highest BCUT2D eigenvalue weighted by atomic mass is 35.5. The lowest BCUT2D eigenvalue weighted by Crippen LogP contribution is -2.24. The summed E-state index contributed by atoms with van der Waals surface area (Å²) in [6.45, 7) is 5.97. The highest BCUT2D eigenvalue weighted by molar-refractivity contribution is 6.31. The van der Waals surface area contributed by atoms with E-state index < -0.39 is 0 Å². The monoisotopic (exact) mass is 301 g/mol. The molecule has 114 valence electrons. The number of hydrogen-bond donors (Lipinski definition) is 1. The van der Waals surface area contributed by atoms with Crippen molar-refractivity contribution in [1.82, 2.24) is 5.32 Å². The summed E-state index contributed by atoms with van der Waals surface area (Å²) in [5.41, 5.74) is 1.11. The van der Waals surface area contributed by atoms with Gasteiger partial charge in [-0.1, -0.05) is 29.8 Å². The zero-order valence-corrected chi connectivity index (χ0v) is 13.0. The number of benzene rings is 1. The first-order chi connectivity index (χ1) is 9.75. The molecule has 0 aliphatic heterocycles. The number of methoxy groups -OCH3 is 1. The maximum absolute atomic E-state index is 6.14. The van der Waals surface area contributed by atoms with Crippen LogP contribution in [0.25, 0.3) is 0 Å². The molecule has 0 aliphatic rings. The zero-order chi connectivity index (χ0) is 14.6. The van der Waals surface area contributed by atoms with E-state index >= 15 is 0 Å². The molecule has 4 nitrogen and oxygen atoms in total. The molecule has 1 aromatic carbocycles. The molecule has 0 aromatic heterocycles. The second kappa shape index (κ2) is 11.1. The quantitative estimate of drug-likeness (QED) is 0.638. The van der Waals surface area contributed by atoms with Crippen LogP contribution in [0.4, 0.5) is 0 Å². The maximum Gasteiger partial charge on any atom is 0.0701 e. The van der Waals surface area contributed by atoms with Crippen molar-refractivity contribution in [2.24, 2.45) is 0 Å². The Labute approximate surface area is 126 Å². The number of ether oxygens (including phenoxy) is 3. The fourth-order valence-electron chi connectivity index (χ4n) is 1.75. The number of hydrogen-bond acceptors (Lipinski definition) is 4. The van der Waals surface area contributed by atoms with Gasteiger partial charge in [-0.05, 0) is 18.6 Å². The van der Waals surface area contributed by atoms with Crippen molar-refractivity contribution in [3.8, 4) is 0 Å². The molecule has 0 aliphatic carbocycles. The Morgan fingerprint density at radius 3 is 2.40 bits per heavy atom. The molecule has 0 unspecified atom stereocenters. The largest absolute Gasteiger partial charge is 0.382 e. The molecule has 0 fully saturated rings. The summed E-state index contributed by atoms with van der Waals surface area (Å²) < 4.78 is 15.6. The molecule has 0 saturated carbocycles. The van der Waals surface area contributed by atoms with Crippen LogP contribution in [0.1, 0.15) is 18.5 Å². The van der Waals surface area contributed by atoms with Crippen LogP contribution in [0.3, 0.4) is 0 Å². The Hall–Kier alpha value is -0.650. The molecule has 0 heterocycles. The first-order valence-electron chi connectivity index (χ1n) is 6.88. The van der Waals surface area contributed by atoms with Gasteiger partial charge in [-0.25, -0.2) is 0 Å². The van der Waals surface area contributed by atoms with Crippen molar-refractivity contribution in [2.75, 3.05) is 46.7 Å². The highest BCUT2D eigenvalue weighted by Crippen LogP contribution is 2.21. The highest BCUT2D eigenvalue weighted by Gasteiger charge is 2.07. The van der Waals surface area contributed by atoms with Crippen molar-refractivity contribution >= 4 is 11.6 Å². The number of nitrogens with one attached hydrogen (secondary N) is 1. The Bertz CT molecular complexity index is 363. The van der Waals surface area contributed by atoms with Crippen LogP contribution in [-0.4, -0.2) is 46.7 Å². The Balaban J connectivity index is 2.03. The van der Waals surface area contributed by atoms with Crippen LogP contribution in [-0.2, 0) is 14.2 Å². The van der Waals surface area contributed by atoms with E-state index in [0.29, 0.717) is 33.0 Å². The fraction of sp³-hybridized carbons (Fsp3) is 0.600. The Morgan fingerprint density at radius 1 is 1.05 bits per heavy atom. The Kier molecular flexibility index (Phi) is 9.62. The molecule has 20 heavy (non-hydrogen) atoms. The standard InChI is InChI=1S/C15H24ClNO3/c1-13(14-5-3-4-6-15(14)16)17-7-8-19-11-12-20-10-9-18-2/h3-6,13,17H,7-12H2,1-2H3/t13-/m1/s1. The summed E-state index contributed by atoms with van der Waals surface area (Å²) in [6, 6.07) is 8.08. The second-order valence-corrected chi connectivity index (χ2v) is 4.82. The number of rotatable bonds is 11. The summed E-state index contributed by atoms with van der Waals surface area (Å²) >= 11 is 6.14. The van der Waals surface area contributed by atoms with Gasteiger partial charge in [0.05, 0.1) is 33.0 Å². The van der Waals surface area contributed by atoms with E-state index in [9.17, 15) is 0 Å². The first-order valence-corrected chi connectivity index (χ1v) is 7.25. The molecule has 1 N–H and O–H groups in total. The lowest BCUT2D eigenvalue weighted by atomic mass is 10.1. The molecule has 1 rings (SSSR count). The molecule has 1 atom stereocenters. The van der Waals surface area contributed by atoms with Gasteiger partial charge in [-0.2, -0.15) is 0 Å². The molecular weight excluding hydrogens is 278 g/mol. The van der Waals surface area contributed by atoms with Crippen molar-refractivity contribution < 1.29 is 14.2 Å². The summed E-state index contributed by atoms with van der Waals surface area (Å²) in [5, 5.41) is 4.17.